The summed E-state index contributed by atoms with van der Waals surface area (Å²) in [6.07, 6.45) is 0. The largest absolute Gasteiger partial charge is 0.398 e. The Hall–Kier alpha value is -2.02. The lowest BCUT2D eigenvalue weighted by molar-refractivity contribution is 0.430. The average molecular weight is 309 g/mol. The van der Waals surface area contributed by atoms with Gasteiger partial charge in [0.05, 0.1) is 10.6 Å². The Kier molecular flexibility index (Phi) is 3.71. The average Bonchev–Trinajstić information content (AvgIpc) is 2.67. The molecule has 0 unspecified atom stereocenters. The molecule has 0 atom stereocenters. The zero-order valence-corrected chi connectivity index (χ0v) is 13.6. The highest BCUT2D eigenvalue weighted by atomic mass is 32.2. The van der Waals surface area contributed by atoms with Gasteiger partial charge in [-0.05, 0) is 51.3 Å². The molecule has 7 heteroatoms. The minimum atomic E-state index is -3.79. The molecule has 3 N–H and O–H groups in total. The normalized spacial score (nSPS) is 11.7. The molecular weight excluding hydrogens is 290 g/mol. The molecule has 0 aliphatic carbocycles. The number of benzene rings is 1. The molecule has 2 rings (SSSR count). The van der Waals surface area contributed by atoms with E-state index >= 15 is 0 Å². The lowest BCUT2D eigenvalue weighted by Crippen LogP contribution is -2.17. The molecule has 0 aliphatic rings. The first kappa shape index (κ1) is 15.4. The van der Waals surface area contributed by atoms with Crippen molar-refractivity contribution >= 4 is 21.6 Å². The smallest absolute Gasteiger partial charge is 0.264 e. The monoisotopic (exact) mass is 309 g/mol. The highest BCUT2D eigenvalue weighted by Gasteiger charge is 2.24. The van der Waals surface area contributed by atoms with Gasteiger partial charge in [0.1, 0.15) is 0 Å². The number of anilines is 2. The Morgan fingerprint density at radius 1 is 1.10 bits per heavy atom. The molecule has 1 aromatic heterocycles. The molecule has 0 fully saturated rings. The number of sulfonamides is 1. The molecule has 0 spiro atoms. The third-order valence-corrected chi connectivity index (χ3v) is 5.23. The number of hydrogen-bond acceptors (Lipinski definition) is 5. The Morgan fingerprint density at radius 3 is 2.24 bits per heavy atom. The highest BCUT2D eigenvalue weighted by molar-refractivity contribution is 7.92. The number of nitrogens with zero attached hydrogens (tertiary/aromatic N) is 1. The van der Waals surface area contributed by atoms with Crippen LogP contribution in [0.4, 0.5) is 11.6 Å². The van der Waals surface area contributed by atoms with E-state index in [-0.39, 0.29) is 10.8 Å². The zero-order valence-electron chi connectivity index (χ0n) is 12.7. The van der Waals surface area contributed by atoms with Gasteiger partial charge in [0.25, 0.3) is 10.0 Å². The van der Waals surface area contributed by atoms with Crippen LogP contribution in [0, 0.1) is 34.6 Å². The van der Waals surface area contributed by atoms with Crippen molar-refractivity contribution in [1.29, 1.82) is 0 Å². The quantitative estimate of drug-likeness (QED) is 0.849. The Morgan fingerprint density at radius 2 is 1.71 bits per heavy atom. The molecule has 0 saturated heterocycles. The first-order valence-electron chi connectivity index (χ1n) is 6.47. The predicted molar refractivity (Wildman–Crippen MR) is 81.9 cm³/mol. The van der Waals surface area contributed by atoms with E-state index in [1.165, 1.54) is 0 Å². The molecular formula is C14H19N3O3S. The first-order valence-corrected chi connectivity index (χ1v) is 7.95. The molecule has 1 aromatic carbocycles. The fourth-order valence-corrected chi connectivity index (χ4v) is 3.81. The Bertz CT molecular complexity index is 807. The van der Waals surface area contributed by atoms with Crippen molar-refractivity contribution in [3.05, 3.63) is 34.0 Å². The van der Waals surface area contributed by atoms with Crippen LogP contribution in [0.5, 0.6) is 0 Å². The number of aryl methyl sites for hydroxylation is 3. The van der Waals surface area contributed by atoms with E-state index in [9.17, 15) is 8.42 Å². The number of nitrogen functional groups attached to an aromatic ring is 1. The lowest BCUT2D eigenvalue weighted by Gasteiger charge is -2.15. The van der Waals surface area contributed by atoms with Gasteiger partial charge in [0, 0.05) is 11.3 Å². The third-order valence-electron chi connectivity index (χ3n) is 3.61. The first-order chi connectivity index (χ1) is 9.65. The van der Waals surface area contributed by atoms with Gasteiger partial charge in [0.15, 0.2) is 0 Å². The molecule has 6 nitrogen and oxygen atoms in total. The van der Waals surface area contributed by atoms with Crippen LogP contribution in [-0.2, 0) is 10.0 Å². The van der Waals surface area contributed by atoms with E-state index in [0.29, 0.717) is 28.1 Å². The number of nitrogens with two attached hydrogens (primary N) is 1. The van der Waals surface area contributed by atoms with Crippen LogP contribution in [0.15, 0.2) is 15.5 Å². The van der Waals surface area contributed by atoms with Gasteiger partial charge in [0.2, 0.25) is 5.88 Å². The van der Waals surface area contributed by atoms with Crippen LogP contribution in [0.25, 0.3) is 0 Å². The molecule has 0 saturated carbocycles. The maximum atomic E-state index is 12.6. The van der Waals surface area contributed by atoms with Crippen molar-refractivity contribution < 1.29 is 12.9 Å². The minimum absolute atomic E-state index is 0.130. The predicted octanol–water partition coefficient (Wildman–Crippen LogP) is 2.60. The Labute approximate surface area is 124 Å². The van der Waals surface area contributed by atoms with Gasteiger partial charge in [-0.2, -0.15) is 0 Å². The highest BCUT2D eigenvalue weighted by Crippen LogP contribution is 2.30. The Balaban J connectivity index is 2.55. The van der Waals surface area contributed by atoms with E-state index in [1.54, 1.807) is 33.8 Å². The summed E-state index contributed by atoms with van der Waals surface area (Å²) in [4.78, 5) is 0.180. The van der Waals surface area contributed by atoms with Crippen LogP contribution in [0.1, 0.15) is 27.9 Å². The lowest BCUT2D eigenvalue weighted by atomic mass is 10.1. The number of hydrogen-bond donors (Lipinski definition) is 2. The van der Waals surface area contributed by atoms with Crippen molar-refractivity contribution in [3.8, 4) is 0 Å². The van der Waals surface area contributed by atoms with Gasteiger partial charge in [-0.25, -0.2) is 13.1 Å². The van der Waals surface area contributed by atoms with Crippen molar-refractivity contribution in [3.63, 3.8) is 0 Å². The third kappa shape index (κ3) is 2.61. The van der Waals surface area contributed by atoms with E-state index < -0.39 is 10.0 Å². The minimum Gasteiger partial charge on any atom is -0.398 e. The maximum absolute atomic E-state index is 12.6. The van der Waals surface area contributed by atoms with E-state index in [1.807, 2.05) is 6.92 Å². The topological polar surface area (TPSA) is 98.2 Å². The molecule has 21 heavy (non-hydrogen) atoms. The second kappa shape index (κ2) is 5.07. The number of rotatable bonds is 3. The van der Waals surface area contributed by atoms with Crippen LogP contribution >= 0.6 is 0 Å². The van der Waals surface area contributed by atoms with Crippen LogP contribution in [0.2, 0.25) is 0 Å². The van der Waals surface area contributed by atoms with Gasteiger partial charge in [-0.3, -0.25) is 0 Å². The van der Waals surface area contributed by atoms with Crippen LogP contribution < -0.4 is 10.5 Å². The molecule has 0 aliphatic heterocycles. The molecule has 0 amide bonds. The maximum Gasteiger partial charge on any atom is 0.264 e. The van der Waals surface area contributed by atoms with Crippen LogP contribution in [0.3, 0.4) is 0 Å². The summed E-state index contributed by atoms with van der Waals surface area (Å²) in [6, 6.07) is 1.76. The summed E-state index contributed by atoms with van der Waals surface area (Å²) in [5, 5.41) is 3.74. The zero-order chi connectivity index (χ0) is 15.9. The molecule has 114 valence electrons. The SMILES string of the molecule is Cc1cc(C)c(S(=O)(=O)Nc2onc(C)c2C)c(C)c1N. The number of aromatic nitrogens is 1. The summed E-state index contributed by atoms with van der Waals surface area (Å²) in [7, 11) is -3.79. The molecule has 1 heterocycles. The summed E-state index contributed by atoms with van der Waals surface area (Å²) < 4.78 is 32.7. The second-order valence-electron chi connectivity index (χ2n) is 5.21. The molecule has 2 aromatic rings. The van der Waals surface area contributed by atoms with E-state index in [2.05, 4.69) is 9.88 Å². The van der Waals surface area contributed by atoms with E-state index in [0.717, 1.165) is 5.56 Å². The number of nitrogens with one attached hydrogen (secondary N) is 1. The van der Waals surface area contributed by atoms with Crippen molar-refractivity contribution in [2.24, 2.45) is 0 Å². The second-order valence-corrected chi connectivity index (χ2v) is 6.83. The van der Waals surface area contributed by atoms with Gasteiger partial charge in [-0.15, -0.1) is 0 Å². The van der Waals surface area contributed by atoms with Gasteiger partial charge < -0.3 is 10.3 Å². The molecule has 0 bridgehead atoms. The summed E-state index contributed by atoms with van der Waals surface area (Å²) in [5.74, 6) is 0.130. The van der Waals surface area contributed by atoms with Crippen molar-refractivity contribution in [2.75, 3.05) is 10.5 Å². The van der Waals surface area contributed by atoms with Crippen molar-refractivity contribution in [1.82, 2.24) is 5.16 Å². The fraction of sp³-hybridized carbons (Fsp3) is 0.357. The fourth-order valence-electron chi connectivity index (χ4n) is 2.28. The van der Waals surface area contributed by atoms with Crippen molar-refractivity contribution in [2.45, 2.75) is 39.5 Å². The van der Waals surface area contributed by atoms with Gasteiger partial charge in [-0.1, -0.05) is 11.2 Å². The summed E-state index contributed by atoms with van der Waals surface area (Å²) >= 11 is 0. The molecule has 0 radical (unpaired) electrons. The summed E-state index contributed by atoms with van der Waals surface area (Å²) in [5.41, 5.74) is 9.76. The summed E-state index contributed by atoms with van der Waals surface area (Å²) in [6.45, 7) is 8.78. The standard InChI is InChI=1S/C14H19N3O3S/c1-7-6-8(2)13(10(4)12(7)15)21(18,19)17-14-9(3)11(5)16-20-14/h6,17H,15H2,1-5H3. The van der Waals surface area contributed by atoms with Crippen LogP contribution in [-0.4, -0.2) is 13.6 Å². The van der Waals surface area contributed by atoms with E-state index in [4.69, 9.17) is 10.3 Å². The van der Waals surface area contributed by atoms with Gasteiger partial charge >= 0.3 is 0 Å².